The van der Waals surface area contributed by atoms with Gasteiger partial charge in [0.25, 0.3) is 5.91 Å². The van der Waals surface area contributed by atoms with Crippen molar-refractivity contribution in [3.8, 4) is 22.9 Å². The van der Waals surface area contributed by atoms with Crippen molar-refractivity contribution in [3.05, 3.63) is 64.4 Å². The Labute approximate surface area is 179 Å². The van der Waals surface area contributed by atoms with Gasteiger partial charge in [-0.3, -0.25) is 4.79 Å². The van der Waals surface area contributed by atoms with Gasteiger partial charge >= 0.3 is 0 Å². The summed E-state index contributed by atoms with van der Waals surface area (Å²) in [5, 5.41) is 8.85. The van der Waals surface area contributed by atoms with E-state index in [1.807, 2.05) is 37.3 Å². The average Bonchev–Trinajstić information content (AvgIpc) is 3.06. The third-order valence-electron chi connectivity index (χ3n) is 4.34. The number of hydrazone groups is 1. The number of aryl methyl sites for hydroxylation is 1. The van der Waals surface area contributed by atoms with Crippen LogP contribution in [-0.4, -0.2) is 43.2 Å². The Bertz CT molecular complexity index is 1060. The van der Waals surface area contributed by atoms with E-state index in [4.69, 9.17) is 25.8 Å². The SMILES string of the molecule is COc1cc(C(=O)N/N=C\c2c(C)nn(-c3ccccc3)c2Cl)cc(OC)c1OC. The number of rotatable bonds is 7. The van der Waals surface area contributed by atoms with Crippen LogP contribution in [0.25, 0.3) is 5.69 Å². The molecule has 0 bridgehead atoms. The highest BCUT2D eigenvalue weighted by atomic mass is 35.5. The lowest BCUT2D eigenvalue weighted by Gasteiger charge is -2.13. The van der Waals surface area contributed by atoms with E-state index >= 15 is 0 Å². The van der Waals surface area contributed by atoms with E-state index in [0.717, 1.165) is 5.69 Å². The lowest BCUT2D eigenvalue weighted by Crippen LogP contribution is -2.18. The van der Waals surface area contributed by atoms with E-state index in [1.165, 1.54) is 39.7 Å². The molecular weight excluding hydrogens is 408 g/mol. The summed E-state index contributed by atoms with van der Waals surface area (Å²) in [5.41, 5.74) is 4.87. The van der Waals surface area contributed by atoms with E-state index in [2.05, 4.69) is 15.6 Å². The van der Waals surface area contributed by atoms with Crippen LogP contribution in [0.3, 0.4) is 0 Å². The summed E-state index contributed by atoms with van der Waals surface area (Å²) in [4.78, 5) is 12.5. The van der Waals surface area contributed by atoms with Gasteiger partial charge in [-0.05, 0) is 31.2 Å². The first-order valence-electron chi connectivity index (χ1n) is 8.94. The second kappa shape index (κ2) is 9.32. The maximum atomic E-state index is 12.5. The van der Waals surface area contributed by atoms with Crippen LogP contribution in [0.5, 0.6) is 17.2 Å². The first-order valence-corrected chi connectivity index (χ1v) is 9.31. The zero-order chi connectivity index (χ0) is 21.7. The third kappa shape index (κ3) is 4.23. The van der Waals surface area contributed by atoms with Gasteiger partial charge in [0.05, 0.1) is 44.5 Å². The van der Waals surface area contributed by atoms with Crippen molar-refractivity contribution in [1.29, 1.82) is 0 Å². The highest BCUT2D eigenvalue weighted by Gasteiger charge is 2.17. The van der Waals surface area contributed by atoms with Crippen LogP contribution >= 0.6 is 11.6 Å². The van der Waals surface area contributed by atoms with Gasteiger partial charge in [0.15, 0.2) is 11.5 Å². The molecule has 1 amide bonds. The number of hydrogen-bond acceptors (Lipinski definition) is 6. The van der Waals surface area contributed by atoms with Crippen LogP contribution in [0.4, 0.5) is 0 Å². The predicted octanol–water partition coefficient (Wildman–Crippen LogP) is 3.62. The van der Waals surface area contributed by atoms with Crippen LogP contribution < -0.4 is 19.6 Å². The fourth-order valence-electron chi connectivity index (χ4n) is 2.83. The van der Waals surface area contributed by atoms with Crippen LogP contribution in [0.2, 0.25) is 5.15 Å². The molecule has 30 heavy (non-hydrogen) atoms. The first-order chi connectivity index (χ1) is 14.5. The minimum Gasteiger partial charge on any atom is -0.493 e. The number of amides is 1. The number of halogens is 1. The number of carbonyl (C=O) groups excluding carboxylic acids is 1. The molecular formula is C21H21ClN4O4. The summed E-state index contributed by atoms with van der Waals surface area (Å²) in [7, 11) is 4.45. The molecule has 8 nitrogen and oxygen atoms in total. The van der Waals surface area contributed by atoms with Crippen molar-refractivity contribution in [2.45, 2.75) is 6.92 Å². The number of carbonyl (C=O) groups is 1. The van der Waals surface area contributed by atoms with Crippen molar-refractivity contribution in [2.75, 3.05) is 21.3 Å². The van der Waals surface area contributed by atoms with Crippen molar-refractivity contribution in [1.82, 2.24) is 15.2 Å². The zero-order valence-electron chi connectivity index (χ0n) is 17.0. The van der Waals surface area contributed by atoms with Crippen LogP contribution in [0, 0.1) is 6.92 Å². The molecule has 2 aromatic carbocycles. The van der Waals surface area contributed by atoms with Crippen LogP contribution in [0.1, 0.15) is 21.6 Å². The van der Waals surface area contributed by atoms with Gasteiger partial charge < -0.3 is 14.2 Å². The number of ether oxygens (including phenoxy) is 3. The minimum absolute atomic E-state index is 0.296. The van der Waals surface area contributed by atoms with E-state index in [1.54, 1.807) is 4.68 Å². The number of aromatic nitrogens is 2. The van der Waals surface area contributed by atoms with Crippen molar-refractivity contribution >= 4 is 23.7 Å². The van der Waals surface area contributed by atoms with Gasteiger partial charge in [-0.25, -0.2) is 10.1 Å². The van der Waals surface area contributed by atoms with Crippen LogP contribution in [0.15, 0.2) is 47.6 Å². The molecule has 3 rings (SSSR count). The molecule has 1 N–H and O–H groups in total. The highest BCUT2D eigenvalue weighted by Crippen LogP contribution is 2.38. The number of para-hydroxylation sites is 1. The Morgan fingerprint density at radius 3 is 2.30 bits per heavy atom. The number of nitrogens with zero attached hydrogens (tertiary/aromatic N) is 3. The summed E-state index contributed by atoms with van der Waals surface area (Å²) >= 11 is 6.46. The van der Waals surface area contributed by atoms with Crippen molar-refractivity contribution < 1.29 is 19.0 Å². The third-order valence-corrected chi connectivity index (χ3v) is 4.70. The molecule has 3 aromatic rings. The molecule has 0 fully saturated rings. The Kier molecular flexibility index (Phi) is 6.58. The lowest BCUT2D eigenvalue weighted by molar-refractivity contribution is 0.0954. The molecule has 0 aliphatic rings. The molecule has 0 saturated carbocycles. The van der Waals surface area contributed by atoms with Crippen molar-refractivity contribution in [3.63, 3.8) is 0 Å². The normalized spacial score (nSPS) is 10.8. The second-order valence-corrected chi connectivity index (χ2v) is 6.51. The maximum absolute atomic E-state index is 12.5. The molecule has 0 aliphatic heterocycles. The molecule has 1 aromatic heterocycles. The molecule has 0 unspecified atom stereocenters. The summed E-state index contributed by atoms with van der Waals surface area (Å²) in [6.45, 7) is 1.81. The van der Waals surface area contributed by atoms with Gasteiger partial charge in [0, 0.05) is 5.56 Å². The molecule has 0 saturated heterocycles. The summed E-state index contributed by atoms with van der Waals surface area (Å²) in [6, 6.07) is 12.6. The molecule has 1 heterocycles. The van der Waals surface area contributed by atoms with E-state index in [-0.39, 0.29) is 0 Å². The number of methoxy groups -OCH3 is 3. The molecule has 0 radical (unpaired) electrons. The van der Waals surface area contributed by atoms with E-state index in [0.29, 0.717) is 39.2 Å². The average molecular weight is 429 g/mol. The summed E-state index contributed by atoms with van der Waals surface area (Å²) in [6.07, 6.45) is 1.46. The predicted molar refractivity (Wildman–Crippen MR) is 114 cm³/mol. The Hall–Kier alpha value is -3.52. The Morgan fingerprint density at radius 1 is 1.10 bits per heavy atom. The molecule has 9 heteroatoms. The summed E-state index contributed by atoms with van der Waals surface area (Å²) in [5.74, 6) is 0.688. The molecule has 0 aliphatic carbocycles. The largest absolute Gasteiger partial charge is 0.493 e. The number of hydrogen-bond donors (Lipinski definition) is 1. The monoisotopic (exact) mass is 428 g/mol. The van der Waals surface area contributed by atoms with Crippen LogP contribution in [-0.2, 0) is 0 Å². The van der Waals surface area contributed by atoms with Gasteiger partial charge in [-0.15, -0.1) is 0 Å². The van der Waals surface area contributed by atoms with Gasteiger partial charge in [-0.1, -0.05) is 29.8 Å². The standard InChI is InChI=1S/C21H21ClN4O4/c1-13-16(20(22)26(25-13)15-8-6-5-7-9-15)12-23-24-21(27)14-10-17(28-2)19(30-4)18(11-14)29-3/h5-12H,1-4H3,(H,24,27)/b23-12-. The molecule has 0 atom stereocenters. The zero-order valence-corrected chi connectivity index (χ0v) is 17.7. The molecule has 0 spiro atoms. The van der Waals surface area contributed by atoms with E-state index < -0.39 is 5.91 Å². The minimum atomic E-state index is -0.449. The smallest absolute Gasteiger partial charge is 0.271 e. The fourth-order valence-corrected chi connectivity index (χ4v) is 3.15. The topological polar surface area (TPSA) is 87.0 Å². The second-order valence-electron chi connectivity index (χ2n) is 6.15. The van der Waals surface area contributed by atoms with Gasteiger partial charge in [0.2, 0.25) is 5.75 Å². The lowest BCUT2D eigenvalue weighted by atomic mass is 10.1. The number of nitrogens with one attached hydrogen (secondary N) is 1. The van der Waals surface area contributed by atoms with Gasteiger partial charge in [0.1, 0.15) is 5.15 Å². The maximum Gasteiger partial charge on any atom is 0.271 e. The Balaban J connectivity index is 1.81. The van der Waals surface area contributed by atoms with Gasteiger partial charge in [-0.2, -0.15) is 10.2 Å². The first kappa shape index (κ1) is 21.2. The highest BCUT2D eigenvalue weighted by molar-refractivity contribution is 6.32. The van der Waals surface area contributed by atoms with Crippen molar-refractivity contribution in [2.24, 2.45) is 5.10 Å². The fraction of sp³-hybridized carbons (Fsp3) is 0.190. The quantitative estimate of drug-likeness (QED) is 0.458. The Morgan fingerprint density at radius 2 is 1.73 bits per heavy atom. The molecule has 156 valence electrons. The summed E-state index contributed by atoms with van der Waals surface area (Å²) < 4.78 is 17.4. The number of benzene rings is 2. The van der Waals surface area contributed by atoms with E-state index in [9.17, 15) is 4.79 Å².